The molecule has 1 heterocycles. The molecule has 0 saturated carbocycles. The van der Waals surface area contributed by atoms with Crippen LogP contribution in [0, 0.1) is 5.82 Å². The summed E-state index contributed by atoms with van der Waals surface area (Å²) < 4.78 is 14.1. The molecule has 20 heavy (non-hydrogen) atoms. The molecule has 0 aliphatic rings. The van der Waals surface area contributed by atoms with Crippen LogP contribution in [0.4, 0.5) is 4.39 Å². The van der Waals surface area contributed by atoms with Gasteiger partial charge < -0.3 is 10.7 Å². The van der Waals surface area contributed by atoms with Crippen molar-refractivity contribution in [2.75, 3.05) is 0 Å². The Morgan fingerprint density at radius 1 is 1.05 bits per heavy atom. The molecule has 0 radical (unpaired) electrons. The fourth-order valence-corrected chi connectivity index (χ4v) is 3.11. The minimum atomic E-state index is -0.182. The van der Waals surface area contributed by atoms with E-state index in [1.165, 1.54) is 5.39 Å². The van der Waals surface area contributed by atoms with E-state index in [0.29, 0.717) is 16.9 Å². The van der Waals surface area contributed by atoms with Crippen LogP contribution in [0.1, 0.15) is 11.1 Å². The molecule has 2 nitrogen and oxygen atoms in total. The highest BCUT2D eigenvalue weighted by Gasteiger charge is 2.08. The van der Waals surface area contributed by atoms with Crippen molar-refractivity contribution in [3.05, 3.63) is 65.5 Å². The highest BCUT2D eigenvalue weighted by molar-refractivity contribution is 7.98. The Bertz CT molecular complexity index is 703. The van der Waals surface area contributed by atoms with Crippen molar-refractivity contribution < 1.29 is 4.39 Å². The summed E-state index contributed by atoms with van der Waals surface area (Å²) in [4.78, 5) is 3.33. The molecule has 0 fully saturated rings. The predicted molar refractivity (Wildman–Crippen MR) is 82.2 cm³/mol. The summed E-state index contributed by atoms with van der Waals surface area (Å²) in [7, 11) is 0. The van der Waals surface area contributed by atoms with E-state index in [-0.39, 0.29) is 12.4 Å². The second-order valence-corrected chi connectivity index (χ2v) is 5.62. The Labute approximate surface area is 121 Å². The number of hydrogen-bond acceptors (Lipinski definition) is 2. The van der Waals surface area contributed by atoms with Gasteiger partial charge in [-0.15, -0.1) is 11.8 Å². The number of benzene rings is 2. The molecule has 0 atom stereocenters. The van der Waals surface area contributed by atoms with Gasteiger partial charge in [-0.3, -0.25) is 0 Å². The number of aromatic nitrogens is 1. The van der Waals surface area contributed by atoms with Crippen LogP contribution >= 0.6 is 11.8 Å². The minimum absolute atomic E-state index is 0.182. The standard InChI is InChI=1S/C16H15FN2S/c17-16-12(9-18)5-3-6-13(16)10-20-15-8-11-4-1-2-7-14(11)19-15/h1-8,19H,9-10,18H2. The molecule has 0 bridgehead atoms. The van der Waals surface area contributed by atoms with E-state index < -0.39 is 0 Å². The van der Waals surface area contributed by atoms with Crippen LogP contribution < -0.4 is 5.73 Å². The van der Waals surface area contributed by atoms with Crippen molar-refractivity contribution in [3.8, 4) is 0 Å². The zero-order chi connectivity index (χ0) is 13.9. The first-order chi connectivity index (χ1) is 9.78. The Balaban J connectivity index is 1.79. The van der Waals surface area contributed by atoms with E-state index in [1.807, 2.05) is 30.3 Å². The van der Waals surface area contributed by atoms with Crippen LogP contribution in [0.2, 0.25) is 0 Å². The molecule has 3 aromatic rings. The predicted octanol–water partition coefficient (Wildman–Crippen LogP) is 4.06. The third-order valence-corrected chi connectivity index (χ3v) is 4.25. The maximum Gasteiger partial charge on any atom is 0.131 e. The Morgan fingerprint density at radius 3 is 2.65 bits per heavy atom. The van der Waals surface area contributed by atoms with Crippen molar-refractivity contribution in [1.29, 1.82) is 0 Å². The van der Waals surface area contributed by atoms with Crippen LogP contribution in [0.15, 0.2) is 53.6 Å². The second-order valence-electron chi connectivity index (χ2n) is 4.60. The van der Waals surface area contributed by atoms with Gasteiger partial charge in [0.05, 0.1) is 5.03 Å². The largest absolute Gasteiger partial charge is 0.350 e. The monoisotopic (exact) mass is 286 g/mol. The number of para-hydroxylation sites is 1. The van der Waals surface area contributed by atoms with Crippen LogP contribution in [-0.2, 0) is 12.3 Å². The SMILES string of the molecule is NCc1cccc(CSc2cc3ccccc3[nH]2)c1F. The van der Waals surface area contributed by atoms with Crippen LogP contribution in [-0.4, -0.2) is 4.98 Å². The van der Waals surface area contributed by atoms with Crippen LogP contribution in [0.25, 0.3) is 10.9 Å². The van der Waals surface area contributed by atoms with E-state index in [0.717, 1.165) is 10.5 Å². The molecule has 3 rings (SSSR count). The number of rotatable bonds is 4. The van der Waals surface area contributed by atoms with Gasteiger partial charge in [0.25, 0.3) is 0 Å². The number of thioether (sulfide) groups is 1. The van der Waals surface area contributed by atoms with E-state index in [2.05, 4.69) is 17.1 Å². The number of H-pyrrole nitrogens is 1. The average molecular weight is 286 g/mol. The molecular weight excluding hydrogens is 271 g/mol. The van der Waals surface area contributed by atoms with Gasteiger partial charge in [-0.25, -0.2) is 4.39 Å². The molecule has 0 spiro atoms. The van der Waals surface area contributed by atoms with Gasteiger partial charge in [-0.1, -0.05) is 36.4 Å². The summed E-state index contributed by atoms with van der Waals surface area (Å²) in [5, 5.41) is 2.22. The summed E-state index contributed by atoms with van der Waals surface area (Å²) in [6, 6.07) is 15.6. The molecular formula is C16H15FN2S. The normalized spacial score (nSPS) is 11.1. The van der Waals surface area contributed by atoms with Crippen molar-refractivity contribution >= 4 is 22.7 Å². The smallest absolute Gasteiger partial charge is 0.131 e. The summed E-state index contributed by atoms with van der Waals surface area (Å²) in [5.74, 6) is 0.408. The first kappa shape index (κ1) is 13.2. The third kappa shape index (κ3) is 2.57. The summed E-state index contributed by atoms with van der Waals surface area (Å²) in [6.45, 7) is 0.233. The van der Waals surface area contributed by atoms with Crippen molar-refractivity contribution in [2.24, 2.45) is 5.73 Å². The highest BCUT2D eigenvalue weighted by Crippen LogP contribution is 2.27. The lowest BCUT2D eigenvalue weighted by molar-refractivity contribution is 0.600. The average Bonchev–Trinajstić information content (AvgIpc) is 2.89. The number of fused-ring (bicyclic) bond motifs is 1. The molecule has 1 aromatic heterocycles. The maximum atomic E-state index is 14.1. The van der Waals surface area contributed by atoms with Gasteiger partial charge in [-0.2, -0.15) is 0 Å². The van der Waals surface area contributed by atoms with Gasteiger partial charge in [0.1, 0.15) is 5.82 Å². The molecule has 0 unspecified atom stereocenters. The molecule has 3 N–H and O–H groups in total. The van der Waals surface area contributed by atoms with Gasteiger partial charge in [0, 0.05) is 28.8 Å². The Hall–Kier alpha value is -1.78. The van der Waals surface area contributed by atoms with Crippen LogP contribution in [0.5, 0.6) is 0 Å². The lowest BCUT2D eigenvalue weighted by atomic mass is 10.1. The number of aromatic amines is 1. The summed E-state index contributed by atoms with van der Waals surface area (Å²) in [6.07, 6.45) is 0. The van der Waals surface area contributed by atoms with Crippen molar-refractivity contribution in [2.45, 2.75) is 17.3 Å². The molecule has 4 heteroatoms. The topological polar surface area (TPSA) is 41.8 Å². The Kier molecular flexibility index (Phi) is 3.76. The van der Waals surface area contributed by atoms with E-state index in [4.69, 9.17) is 5.73 Å². The lowest BCUT2D eigenvalue weighted by Gasteiger charge is -2.05. The number of nitrogens with one attached hydrogen (secondary N) is 1. The molecule has 0 aliphatic heterocycles. The molecule has 0 saturated heterocycles. The third-order valence-electron chi connectivity index (χ3n) is 3.27. The molecule has 0 amide bonds. The highest BCUT2D eigenvalue weighted by atomic mass is 32.2. The summed E-state index contributed by atoms with van der Waals surface area (Å²) >= 11 is 1.60. The molecule has 0 aliphatic carbocycles. The first-order valence-corrected chi connectivity index (χ1v) is 7.43. The van der Waals surface area contributed by atoms with Crippen molar-refractivity contribution in [3.63, 3.8) is 0 Å². The van der Waals surface area contributed by atoms with E-state index in [1.54, 1.807) is 17.8 Å². The van der Waals surface area contributed by atoms with Crippen molar-refractivity contribution in [1.82, 2.24) is 4.98 Å². The minimum Gasteiger partial charge on any atom is -0.350 e. The lowest BCUT2D eigenvalue weighted by Crippen LogP contribution is -2.02. The van der Waals surface area contributed by atoms with Crippen LogP contribution in [0.3, 0.4) is 0 Å². The Morgan fingerprint density at radius 2 is 1.85 bits per heavy atom. The second kappa shape index (κ2) is 5.69. The summed E-state index contributed by atoms with van der Waals surface area (Å²) in [5.41, 5.74) is 7.89. The van der Waals surface area contributed by atoms with E-state index in [9.17, 15) is 4.39 Å². The fourth-order valence-electron chi connectivity index (χ4n) is 2.18. The molecule has 102 valence electrons. The zero-order valence-corrected chi connectivity index (χ0v) is 11.7. The number of hydrogen-bond donors (Lipinski definition) is 2. The zero-order valence-electron chi connectivity index (χ0n) is 10.9. The maximum absolute atomic E-state index is 14.1. The van der Waals surface area contributed by atoms with Gasteiger partial charge >= 0.3 is 0 Å². The number of halogens is 1. The molecule has 2 aromatic carbocycles. The van der Waals surface area contributed by atoms with Gasteiger partial charge in [0.2, 0.25) is 0 Å². The quantitative estimate of drug-likeness (QED) is 0.710. The van der Waals surface area contributed by atoms with Gasteiger partial charge in [-0.05, 0) is 17.7 Å². The van der Waals surface area contributed by atoms with E-state index >= 15 is 0 Å². The van der Waals surface area contributed by atoms with Gasteiger partial charge in [0.15, 0.2) is 0 Å². The number of nitrogens with two attached hydrogens (primary N) is 1. The first-order valence-electron chi connectivity index (χ1n) is 6.45. The fraction of sp³-hybridized carbons (Fsp3) is 0.125.